The van der Waals surface area contributed by atoms with Gasteiger partial charge >= 0.3 is 0 Å². The maximum Gasteiger partial charge on any atom is 0.235 e. The number of aryl methyl sites for hydroxylation is 1. The van der Waals surface area contributed by atoms with Crippen LogP contribution in [0.1, 0.15) is 5.69 Å². The highest BCUT2D eigenvalue weighted by molar-refractivity contribution is 7.99. The van der Waals surface area contributed by atoms with Gasteiger partial charge in [-0.1, -0.05) is 23.4 Å². The summed E-state index contributed by atoms with van der Waals surface area (Å²) in [4.78, 5) is 16.3. The van der Waals surface area contributed by atoms with Crippen molar-refractivity contribution in [1.82, 2.24) is 14.8 Å². The van der Waals surface area contributed by atoms with E-state index in [1.54, 1.807) is 35.0 Å². The summed E-state index contributed by atoms with van der Waals surface area (Å²) < 4.78 is 14.7. The largest absolute Gasteiger partial charge is 0.310 e. The summed E-state index contributed by atoms with van der Waals surface area (Å²) in [7, 11) is 0. The van der Waals surface area contributed by atoms with Crippen LogP contribution in [0.25, 0.3) is 5.69 Å². The third-order valence-electron chi connectivity index (χ3n) is 3.22. The molecular formula is C17H14ClFN4OS. The number of halogens is 2. The number of carbonyl (C=O) groups is 1. The van der Waals surface area contributed by atoms with Gasteiger partial charge in [-0.05, 0) is 43.3 Å². The number of rotatable bonds is 5. The molecule has 0 radical (unpaired) electrons. The van der Waals surface area contributed by atoms with Crippen LogP contribution in [-0.4, -0.2) is 26.4 Å². The second-order valence-electron chi connectivity index (χ2n) is 5.21. The maximum absolute atomic E-state index is 13.1. The first-order chi connectivity index (χ1) is 12.0. The number of anilines is 1. The Bertz CT molecular complexity index is 881. The van der Waals surface area contributed by atoms with Crippen LogP contribution in [0.4, 0.5) is 10.2 Å². The van der Waals surface area contributed by atoms with E-state index in [0.29, 0.717) is 21.6 Å². The Kier molecular flexibility index (Phi) is 5.35. The third kappa shape index (κ3) is 4.58. The number of aromatic nitrogens is 3. The van der Waals surface area contributed by atoms with Gasteiger partial charge in [0.1, 0.15) is 11.6 Å². The van der Waals surface area contributed by atoms with Crippen molar-refractivity contribution in [1.29, 1.82) is 0 Å². The van der Waals surface area contributed by atoms with Gasteiger partial charge in [-0.2, -0.15) is 5.10 Å². The van der Waals surface area contributed by atoms with Crippen LogP contribution in [0, 0.1) is 12.7 Å². The number of amides is 1. The molecule has 0 bridgehead atoms. The monoisotopic (exact) mass is 376 g/mol. The summed E-state index contributed by atoms with van der Waals surface area (Å²) in [5.41, 5.74) is 1.41. The summed E-state index contributed by atoms with van der Waals surface area (Å²) >= 11 is 7.09. The fourth-order valence-corrected chi connectivity index (χ4v) is 2.89. The van der Waals surface area contributed by atoms with E-state index >= 15 is 0 Å². The number of thioether (sulfide) groups is 1. The lowest BCUT2D eigenvalue weighted by Crippen LogP contribution is -2.17. The number of hydrogen-bond donors (Lipinski definition) is 1. The number of nitrogens with zero attached hydrogens (tertiary/aromatic N) is 3. The molecule has 0 aliphatic carbocycles. The smallest absolute Gasteiger partial charge is 0.235 e. The molecule has 25 heavy (non-hydrogen) atoms. The first-order valence-electron chi connectivity index (χ1n) is 7.38. The standard InChI is InChI=1S/C17H14ClFN4OS/c1-11-8-15(23(22-11)14-5-3-13(19)4-6-14)21-16(24)10-25-17-7-2-12(18)9-20-17/h2-9H,10H2,1H3,(H,21,24). The number of pyridine rings is 1. The zero-order valence-electron chi connectivity index (χ0n) is 13.2. The molecule has 1 amide bonds. The van der Waals surface area contributed by atoms with E-state index in [0.717, 1.165) is 5.69 Å². The molecule has 8 heteroatoms. The Morgan fingerprint density at radius 2 is 2.04 bits per heavy atom. The first kappa shape index (κ1) is 17.4. The van der Waals surface area contributed by atoms with Crippen LogP contribution in [0.15, 0.2) is 53.7 Å². The first-order valence-corrected chi connectivity index (χ1v) is 8.74. The predicted molar refractivity (Wildman–Crippen MR) is 96.9 cm³/mol. The van der Waals surface area contributed by atoms with Gasteiger partial charge in [0.05, 0.1) is 27.2 Å². The van der Waals surface area contributed by atoms with Gasteiger partial charge in [0, 0.05) is 12.3 Å². The Labute approximate surface area is 153 Å². The van der Waals surface area contributed by atoms with Crippen LogP contribution in [0.2, 0.25) is 5.02 Å². The number of nitrogens with one attached hydrogen (secondary N) is 1. The van der Waals surface area contributed by atoms with E-state index in [9.17, 15) is 9.18 Å². The lowest BCUT2D eigenvalue weighted by molar-refractivity contribution is -0.113. The Morgan fingerprint density at radius 3 is 2.72 bits per heavy atom. The number of benzene rings is 1. The molecule has 0 unspecified atom stereocenters. The number of hydrogen-bond acceptors (Lipinski definition) is 4. The summed E-state index contributed by atoms with van der Waals surface area (Å²) in [5.74, 6) is 0.205. The highest BCUT2D eigenvalue weighted by Gasteiger charge is 2.12. The maximum atomic E-state index is 13.1. The van der Waals surface area contributed by atoms with Crippen molar-refractivity contribution in [3.63, 3.8) is 0 Å². The van der Waals surface area contributed by atoms with E-state index in [4.69, 9.17) is 11.6 Å². The average molecular weight is 377 g/mol. The molecule has 0 aliphatic rings. The Morgan fingerprint density at radius 1 is 1.28 bits per heavy atom. The molecule has 1 N–H and O–H groups in total. The minimum atomic E-state index is -0.329. The van der Waals surface area contributed by atoms with E-state index in [-0.39, 0.29) is 17.5 Å². The average Bonchev–Trinajstić information content (AvgIpc) is 2.95. The van der Waals surface area contributed by atoms with Gasteiger partial charge in [0.15, 0.2) is 0 Å². The summed E-state index contributed by atoms with van der Waals surface area (Å²) in [5, 5.41) is 8.42. The van der Waals surface area contributed by atoms with Crippen molar-refractivity contribution < 1.29 is 9.18 Å². The highest BCUT2D eigenvalue weighted by atomic mass is 35.5. The molecule has 0 saturated heterocycles. The SMILES string of the molecule is Cc1cc(NC(=O)CSc2ccc(Cl)cn2)n(-c2ccc(F)cc2)n1. The minimum absolute atomic E-state index is 0.190. The normalized spacial score (nSPS) is 10.7. The topological polar surface area (TPSA) is 59.8 Å². The lowest BCUT2D eigenvalue weighted by Gasteiger charge is -2.09. The van der Waals surface area contributed by atoms with Gasteiger partial charge in [0.2, 0.25) is 5.91 Å². The van der Waals surface area contributed by atoms with Gasteiger partial charge in [-0.25, -0.2) is 14.1 Å². The van der Waals surface area contributed by atoms with Crippen LogP contribution in [0.3, 0.4) is 0 Å². The second kappa shape index (κ2) is 7.67. The van der Waals surface area contributed by atoms with E-state index < -0.39 is 0 Å². The minimum Gasteiger partial charge on any atom is -0.310 e. The van der Waals surface area contributed by atoms with Crippen LogP contribution in [-0.2, 0) is 4.79 Å². The van der Waals surface area contributed by atoms with Crippen molar-refractivity contribution >= 4 is 35.1 Å². The van der Waals surface area contributed by atoms with E-state index in [1.807, 2.05) is 6.92 Å². The zero-order chi connectivity index (χ0) is 17.8. The van der Waals surface area contributed by atoms with Crippen LogP contribution < -0.4 is 5.32 Å². The summed E-state index contributed by atoms with van der Waals surface area (Å²) in [6, 6.07) is 11.1. The molecular weight excluding hydrogens is 363 g/mol. The van der Waals surface area contributed by atoms with Crippen LogP contribution in [0.5, 0.6) is 0 Å². The van der Waals surface area contributed by atoms with E-state index in [2.05, 4.69) is 15.4 Å². The molecule has 2 aromatic heterocycles. The molecule has 0 spiro atoms. The molecule has 2 heterocycles. The van der Waals surface area contributed by atoms with Crippen molar-refractivity contribution in [2.45, 2.75) is 11.9 Å². The van der Waals surface area contributed by atoms with Gasteiger partial charge in [-0.15, -0.1) is 0 Å². The Balaban J connectivity index is 1.69. The molecule has 1 aromatic carbocycles. The third-order valence-corrected chi connectivity index (χ3v) is 4.39. The molecule has 0 fully saturated rings. The predicted octanol–water partition coefficient (Wildman–Crippen LogP) is 4.10. The molecule has 3 aromatic rings. The highest BCUT2D eigenvalue weighted by Crippen LogP contribution is 2.20. The fraction of sp³-hybridized carbons (Fsp3) is 0.118. The van der Waals surface area contributed by atoms with Crippen LogP contribution >= 0.6 is 23.4 Å². The van der Waals surface area contributed by atoms with Gasteiger partial charge < -0.3 is 5.32 Å². The molecule has 0 aliphatic heterocycles. The quantitative estimate of drug-likeness (QED) is 0.681. The molecule has 128 valence electrons. The zero-order valence-corrected chi connectivity index (χ0v) is 14.8. The number of carbonyl (C=O) groups excluding carboxylic acids is 1. The van der Waals surface area contributed by atoms with Crippen molar-refractivity contribution in [2.24, 2.45) is 0 Å². The van der Waals surface area contributed by atoms with Gasteiger partial charge in [0.25, 0.3) is 0 Å². The second-order valence-corrected chi connectivity index (χ2v) is 6.64. The lowest BCUT2D eigenvalue weighted by atomic mass is 10.3. The fourth-order valence-electron chi connectivity index (χ4n) is 2.13. The molecule has 3 rings (SSSR count). The van der Waals surface area contributed by atoms with Crippen molar-refractivity contribution in [2.75, 3.05) is 11.1 Å². The molecule has 0 saturated carbocycles. The molecule has 0 atom stereocenters. The van der Waals surface area contributed by atoms with E-state index in [1.165, 1.54) is 30.1 Å². The van der Waals surface area contributed by atoms with Gasteiger partial charge in [-0.3, -0.25) is 4.79 Å². The van der Waals surface area contributed by atoms with Crippen molar-refractivity contribution in [3.8, 4) is 5.69 Å². The van der Waals surface area contributed by atoms with Crippen molar-refractivity contribution in [3.05, 3.63) is 65.2 Å². The Hall–Kier alpha value is -2.38. The summed E-state index contributed by atoms with van der Waals surface area (Å²) in [6.45, 7) is 1.82. The molecule has 5 nitrogen and oxygen atoms in total. The summed E-state index contributed by atoms with van der Waals surface area (Å²) in [6.07, 6.45) is 1.54.